The highest BCUT2D eigenvalue weighted by atomic mass is 32.2. The Morgan fingerprint density at radius 2 is 1.76 bits per heavy atom. The molecular weight excluding hydrogens is 450 g/mol. The number of hydrogen-bond acceptors (Lipinski definition) is 5. The van der Waals surface area contributed by atoms with Crippen molar-refractivity contribution < 1.29 is 13.2 Å². The molecule has 1 aliphatic carbocycles. The van der Waals surface area contributed by atoms with Gasteiger partial charge >= 0.3 is 0 Å². The molecule has 0 aliphatic heterocycles. The van der Waals surface area contributed by atoms with Gasteiger partial charge in [0, 0.05) is 29.3 Å². The van der Waals surface area contributed by atoms with Gasteiger partial charge in [-0.05, 0) is 48.7 Å². The molecule has 9 heteroatoms. The van der Waals surface area contributed by atoms with Crippen LogP contribution in [0.5, 0.6) is 0 Å². The Bertz CT molecular complexity index is 1430. The van der Waals surface area contributed by atoms with Crippen molar-refractivity contribution in [2.24, 2.45) is 0 Å². The average Bonchev–Trinajstić information content (AvgIpc) is 3.60. The zero-order valence-electron chi connectivity index (χ0n) is 18.2. The number of nitrogens with one attached hydrogen (secondary N) is 3. The number of sulfonamides is 1. The van der Waals surface area contributed by atoms with E-state index < -0.39 is 15.9 Å². The highest BCUT2D eigenvalue weighted by Crippen LogP contribution is 2.38. The first-order valence-electron chi connectivity index (χ1n) is 11.0. The lowest BCUT2D eigenvalue weighted by Gasteiger charge is -2.10. The van der Waals surface area contributed by atoms with Crippen LogP contribution in [0.1, 0.15) is 40.5 Å². The molecule has 3 N–H and O–H groups in total. The average molecular weight is 474 g/mol. The summed E-state index contributed by atoms with van der Waals surface area (Å²) in [7, 11) is -3.78. The van der Waals surface area contributed by atoms with Crippen molar-refractivity contribution in [1.82, 2.24) is 19.9 Å². The van der Waals surface area contributed by atoms with Gasteiger partial charge in [-0.2, -0.15) is 5.10 Å². The molecule has 0 saturated heterocycles. The SMILES string of the molecule is O=C(Nc1cccc(-c2n[nH]c(C3CC3)n2)c1)c1cccc(S(=O)(=O)NCc2ccccc2)c1. The summed E-state index contributed by atoms with van der Waals surface area (Å²) in [4.78, 5) is 17.4. The number of H-pyrrole nitrogens is 1. The monoisotopic (exact) mass is 473 g/mol. The van der Waals surface area contributed by atoms with Crippen LogP contribution < -0.4 is 10.0 Å². The summed E-state index contributed by atoms with van der Waals surface area (Å²) in [6.45, 7) is 0.163. The fourth-order valence-electron chi connectivity index (χ4n) is 3.54. The molecule has 34 heavy (non-hydrogen) atoms. The van der Waals surface area contributed by atoms with E-state index in [0.29, 0.717) is 17.4 Å². The Hall–Kier alpha value is -3.82. The molecule has 1 heterocycles. The van der Waals surface area contributed by atoms with Gasteiger partial charge in [-0.1, -0.05) is 48.5 Å². The van der Waals surface area contributed by atoms with Gasteiger partial charge in [-0.3, -0.25) is 9.89 Å². The molecule has 1 fully saturated rings. The van der Waals surface area contributed by atoms with Crippen LogP contribution >= 0.6 is 0 Å². The van der Waals surface area contributed by atoms with Gasteiger partial charge in [0.15, 0.2) is 5.82 Å². The van der Waals surface area contributed by atoms with Gasteiger partial charge in [-0.25, -0.2) is 18.1 Å². The second-order valence-electron chi connectivity index (χ2n) is 8.19. The smallest absolute Gasteiger partial charge is 0.255 e. The van der Waals surface area contributed by atoms with E-state index in [1.165, 1.54) is 12.1 Å². The Kier molecular flexibility index (Phi) is 5.95. The molecule has 1 aromatic heterocycles. The van der Waals surface area contributed by atoms with Gasteiger partial charge in [0.2, 0.25) is 10.0 Å². The van der Waals surface area contributed by atoms with Gasteiger partial charge in [0.25, 0.3) is 5.91 Å². The minimum Gasteiger partial charge on any atom is -0.322 e. The first-order chi connectivity index (χ1) is 16.5. The molecule has 0 bridgehead atoms. The molecule has 3 aromatic carbocycles. The van der Waals surface area contributed by atoms with Crippen LogP contribution in [0.4, 0.5) is 5.69 Å². The normalized spacial score (nSPS) is 13.5. The Balaban J connectivity index is 1.29. The predicted octanol–water partition coefficient (Wildman–Crippen LogP) is 4.08. The van der Waals surface area contributed by atoms with Crippen LogP contribution in [0, 0.1) is 0 Å². The maximum Gasteiger partial charge on any atom is 0.255 e. The van der Waals surface area contributed by atoms with Gasteiger partial charge in [0.1, 0.15) is 5.82 Å². The highest BCUT2D eigenvalue weighted by Gasteiger charge is 2.27. The van der Waals surface area contributed by atoms with Crippen LogP contribution in [0.3, 0.4) is 0 Å². The number of aromatic nitrogens is 3. The fraction of sp³-hybridized carbons (Fsp3) is 0.160. The van der Waals surface area contributed by atoms with Crippen LogP contribution in [0.15, 0.2) is 83.8 Å². The number of anilines is 1. The van der Waals surface area contributed by atoms with Crippen LogP contribution in [-0.2, 0) is 16.6 Å². The van der Waals surface area contributed by atoms with Gasteiger partial charge < -0.3 is 5.32 Å². The largest absolute Gasteiger partial charge is 0.322 e. The molecule has 1 aliphatic rings. The van der Waals surface area contributed by atoms with Crippen LogP contribution in [-0.4, -0.2) is 29.5 Å². The first kappa shape index (κ1) is 22.0. The minimum absolute atomic E-state index is 0.0261. The zero-order valence-corrected chi connectivity index (χ0v) is 19.0. The number of carbonyl (C=O) groups excluding carboxylic acids is 1. The summed E-state index contributed by atoms with van der Waals surface area (Å²) in [5.74, 6) is 1.53. The number of rotatable bonds is 8. The Morgan fingerprint density at radius 3 is 2.56 bits per heavy atom. The standard InChI is InChI=1S/C25H23N5O3S/c31-25(27-21-10-4-8-19(14-21)24-28-23(29-30-24)18-12-13-18)20-9-5-11-22(15-20)34(32,33)26-16-17-6-2-1-3-7-17/h1-11,14-15,18,26H,12-13,16H2,(H,27,31)(H,28,29,30). The molecular formula is C25H23N5O3S. The van der Waals surface area contributed by atoms with Crippen LogP contribution in [0.25, 0.3) is 11.4 Å². The lowest BCUT2D eigenvalue weighted by atomic mass is 10.1. The van der Waals surface area contributed by atoms with E-state index in [0.717, 1.165) is 29.8 Å². The van der Waals surface area contributed by atoms with E-state index in [9.17, 15) is 13.2 Å². The molecule has 0 atom stereocenters. The predicted molar refractivity (Wildman–Crippen MR) is 129 cm³/mol. The second kappa shape index (κ2) is 9.20. The number of aromatic amines is 1. The van der Waals surface area contributed by atoms with Crippen molar-refractivity contribution in [2.75, 3.05) is 5.32 Å². The summed E-state index contributed by atoms with van der Waals surface area (Å²) >= 11 is 0. The number of hydrogen-bond donors (Lipinski definition) is 3. The molecule has 5 rings (SSSR count). The molecule has 4 aromatic rings. The van der Waals surface area contributed by atoms with E-state index in [-0.39, 0.29) is 17.0 Å². The van der Waals surface area contributed by atoms with E-state index >= 15 is 0 Å². The van der Waals surface area contributed by atoms with Crippen LogP contribution in [0.2, 0.25) is 0 Å². The third-order valence-corrected chi connectivity index (χ3v) is 6.96. The number of carbonyl (C=O) groups is 1. The number of nitrogens with zero attached hydrogens (tertiary/aromatic N) is 2. The lowest BCUT2D eigenvalue weighted by molar-refractivity contribution is 0.102. The quantitative estimate of drug-likeness (QED) is 0.357. The summed E-state index contributed by atoms with van der Waals surface area (Å²) < 4.78 is 28.0. The topological polar surface area (TPSA) is 117 Å². The number of amides is 1. The van der Waals surface area contributed by atoms with E-state index in [1.807, 2.05) is 42.5 Å². The maximum absolute atomic E-state index is 12.9. The summed E-state index contributed by atoms with van der Waals surface area (Å²) in [5, 5.41) is 10.1. The van der Waals surface area contributed by atoms with Gasteiger partial charge in [-0.15, -0.1) is 0 Å². The van der Waals surface area contributed by atoms with Gasteiger partial charge in [0.05, 0.1) is 4.90 Å². The zero-order chi connectivity index (χ0) is 23.5. The van der Waals surface area contributed by atoms with Crippen molar-refractivity contribution >= 4 is 21.6 Å². The summed E-state index contributed by atoms with van der Waals surface area (Å²) in [5.41, 5.74) is 2.43. The molecule has 1 saturated carbocycles. The van der Waals surface area contributed by atoms with E-state index in [1.54, 1.807) is 24.3 Å². The summed E-state index contributed by atoms with van der Waals surface area (Å²) in [6.07, 6.45) is 2.25. The van der Waals surface area contributed by atoms with Crippen molar-refractivity contribution in [1.29, 1.82) is 0 Å². The molecule has 0 unspecified atom stereocenters. The molecule has 172 valence electrons. The highest BCUT2D eigenvalue weighted by molar-refractivity contribution is 7.89. The number of benzene rings is 3. The maximum atomic E-state index is 12.9. The molecule has 0 spiro atoms. The Morgan fingerprint density at radius 1 is 0.971 bits per heavy atom. The molecule has 8 nitrogen and oxygen atoms in total. The first-order valence-corrected chi connectivity index (χ1v) is 12.4. The van der Waals surface area contributed by atoms with Crippen molar-refractivity contribution in [2.45, 2.75) is 30.2 Å². The fourth-order valence-corrected chi connectivity index (χ4v) is 4.61. The van der Waals surface area contributed by atoms with Crippen molar-refractivity contribution in [3.8, 4) is 11.4 Å². The minimum atomic E-state index is -3.78. The van der Waals surface area contributed by atoms with Crippen molar-refractivity contribution in [3.63, 3.8) is 0 Å². The summed E-state index contributed by atoms with van der Waals surface area (Å²) in [6, 6.07) is 22.4. The van der Waals surface area contributed by atoms with E-state index in [4.69, 9.17) is 0 Å². The Labute approximate surface area is 197 Å². The third-order valence-electron chi connectivity index (χ3n) is 5.56. The third kappa shape index (κ3) is 5.05. The molecule has 1 amide bonds. The second-order valence-corrected chi connectivity index (χ2v) is 9.96. The van der Waals surface area contributed by atoms with Crippen molar-refractivity contribution in [3.05, 3.63) is 95.8 Å². The molecule has 0 radical (unpaired) electrons. The van der Waals surface area contributed by atoms with E-state index in [2.05, 4.69) is 25.2 Å². The lowest BCUT2D eigenvalue weighted by Crippen LogP contribution is -2.23.